The molecule has 30 heavy (non-hydrogen) atoms. The van der Waals surface area contributed by atoms with Crippen LogP contribution in [0.4, 0.5) is 18.9 Å². The van der Waals surface area contributed by atoms with E-state index in [1.807, 2.05) is 0 Å². The fraction of sp³-hybridized carbons (Fsp3) is 0.350. The van der Waals surface area contributed by atoms with Crippen molar-refractivity contribution in [2.75, 3.05) is 17.6 Å². The van der Waals surface area contributed by atoms with Gasteiger partial charge >= 0.3 is 6.36 Å². The molecule has 0 N–H and O–H groups in total. The first-order chi connectivity index (χ1) is 13.9. The second-order valence-electron chi connectivity index (χ2n) is 7.27. The Hall–Kier alpha value is -2.75. The second kappa shape index (κ2) is 7.82. The highest BCUT2D eigenvalue weighted by atomic mass is 32.2. The zero-order chi connectivity index (χ0) is 22.3. The molecule has 0 fully saturated rings. The predicted molar refractivity (Wildman–Crippen MR) is 106 cm³/mol. The minimum absolute atomic E-state index is 0.0892. The van der Waals surface area contributed by atoms with Gasteiger partial charge < -0.3 is 9.64 Å². The summed E-state index contributed by atoms with van der Waals surface area (Å²) in [6, 6.07) is 10.1. The first kappa shape index (κ1) is 21.9. The molecule has 0 aromatic heterocycles. The van der Waals surface area contributed by atoms with Gasteiger partial charge in [-0.25, -0.2) is 8.42 Å². The predicted octanol–water partition coefficient (Wildman–Crippen LogP) is 3.57. The van der Waals surface area contributed by atoms with Crippen LogP contribution in [0.2, 0.25) is 0 Å². The van der Waals surface area contributed by atoms with Gasteiger partial charge in [-0.15, -0.1) is 13.2 Å². The maximum atomic E-state index is 12.8. The minimum Gasteiger partial charge on any atom is -0.405 e. The van der Waals surface area contributed by atoms with Crippen molar-refractivity contribution in [3.05, 3.63) is 59.2 Å². The zero-order valence-corrected chi connectivity index (χ0v) is 17.4. The summed E-state index contributed by atoms with van der Waals surface area (Å²) in [6.45, 7) is 1.69. The van der Waals surface area contributed by atoms with Crippen molar-refractivity contribution in [1.29, 1.82) is 0 Å². The number of sulfonamides is 1. The highest BCUT2D eigenvalue weighted by Crippen LogP contribution is 2.35. The standard InChI is InChI=1S/C20H21F3N2O4S/c1-13-10-16-11-14(8-9-17(16)25(13)30(3,27)28)19(26)24(2)12-15-6-4-5-7-18(15)29-20(21,22)23/h4-9,11,13H,10,12H2,1-3H3. The number of rotatable bonds is 5. The SMILES string of the molecule is CC1Cc2cc(C(=O)N(C)Cc3ccccc3OC(F)(F)F)ccc2N1S(C)(=O)=O. The molecule has 0 saturated carbocycles. The second-order valence-corrected chi connectivity index (χ2v) is 9.13. The lowest BCUT2D eigenvalue weighted by Gasteiger charge is -2.22. The van der Waals surface area contributed by atoms with E-state index < -0.39 is 22.3 Å². The van der Waals surface area contributed by atoms with Gasteiger partial charge in [-0.1, -0.05) is 18.2 Å². The number of hydrogen-bond donors (Lipinski definition) is 0. The largest absolute Gasteiger partial charge is 0.573 e. The summed E-state index contributed by atoms with van der Waals surface area (Å²) < 4.78 is 67.2. The number of hydrogen-bond acceptors (Lipinski definition) is 4. The quantitative estimate of drug-likeness (QED) is 0.710. The van der Waals surface area contributed by atoms with E-state index in [2.05, 4.69) is 4.74 Å². The molecule has 2 aromatic carbocycles. The Morgan fingerprint density at radius 3 is 2.53 bits per heavy atom. The van der Waals surface area contributed by atoms with Crippen LogP contribution in [0.1, 0.15) is 28.4 Å². The first-order valence-corrected chi connectivity index (χ1v) is 10.9. The third-order valence-electron chi connectivity index (χ3n) is 4.79. The van der Waals surface area contributed by atoms with Gasteiger partial charge in [0.25, 0.3) is 5.91 Å². The van der Waals surface area contributed by atoms with Crippen molar-refractivity contribution in [1.82, 2.24) is 4.90 Å². The summed E-state index contributed by atoms with van der Waals surface area (Å²) in [4.78, 5) is 14.1. The molecule has 1 heterocycles. The molecule has 0 spiro atoms. The van der Waals surface area contributed by atoms with Crippen molar-refractivity contribution in [3.63, 3.8) is 0 Å². The number of amides is 1. The molecule has 6 nitrogen and oxygen atoms in total. The molecule has 0 aliphatic carbocycles. The molecule has 3 rings (SSSR count). The summed E-state index contributed by atoms with van der Waals surface area (Å²) in [5.41, 5.74) is 1.80. The van der Waals surface area contributed by atoms with Crippen LogP contribution in [0.15, 0.2) is 42.5 Å². The van der Waals surface area contributed by atoms with Gasteiger partial charge in [0.1, 0.15) is 5.75 Å². The number of nitrogens with zero attached hydrogens (tertiary/aromatic N) is 2. The maximum absolute atomic E-state index is 12.8. The van der Waals surface area contributed by atoms with Crippen molar-refractivity contribution < 1.29 is 31.1 Å². The molecule has 1 aliphatic rings. The molecule has 1 unspecified atom stereocenters. The molecule has 1 aliphatic heterocycles. The topological polar surface area (TPSA) is 66.9 Å². The van der Waals surface area contributed by atoms with Crippen LogP contribution in [0, 0.1) is 0 Å². The number of carbonyl (C=O) groups is 1. The van der Waals surface area contributed by atoms with Gasteiger partial charge in [-0.3, -0.25) is 9.10 Å². The number of alkyl halides is 3. The molecule has 1 atom stereocenters. The van der Waals surface area contributed by atoms with Gasteiger partial charge in [-0.2, -0.15) is 0 Å². The number of carbonyl (C=O) groups excluding carboxylic acids is 1. The summed E-state index contributed by atoms with van der Waals surface area (Å²) in [7, 11) is -1.97. The Balaban J connectivity index is 1.81. The Morgan fingerprint density at radius 1 is 1.23 bits per heavy atom. The van der Waals surface area contributed by atoms with E-state index in [0.717, 1.165) is 11.8 Å². The fourth-order valence-electron chi connectivity index (χ4n) is 3.65. The monoisotopic (exact) mass is 442 g/mol. The summed E-state index contributed by atoms with van der Waals surface area (Å²) in [5, 5.41) is 0. The number of fused-ring (bicyclic) bond motifs is 1. The third kappa shape index (κ3) is 4.69. The van der Waals surface area contributed by atoms with Crippen LogP contribution in [-0.2, 0) is 23.0 Å². The lowest BCUT2D eigenvalue weighted by Crippen LogP contribution is -2.34. The van der Waals surface area contributed by atoms with Gasteiger partial charge in [-0.05, 0) is 43.2 Å². The minimum atomic E-state index is -4.83. The molecule has 0 saturated heterocycles. The van der Waals surface area contributed by atoms with E-state index in [1.165, 1.54) is 40.5 Å². The summed E-state index contributed by atoms with van der Waals surface area (Å²) in [5.74, 6) is -0.763. The smallest absolute Gasteiger partial charge is 0.405 e. The van der Waals surface area contributed by atoms with Gasteiger partial charge in [0.2, 0.25) is 10.0 Å². The number of ether oxygens (including phenoxy) is 1. The van der Waals surface area contributed by atoms with Crippen LogP contribution >= 0.6 is 0 Å². The van der Waals surface area contributed by atoms with E-state index in [0.29, 0.717) is 17.7 Å². The van der Waals surface area contributed by atoms with Gasteiger partial charge in [0, 0.05) is 30.8 Å². The van der Waals surface area contributed by atoms with E-state index in [9.17, 15) is 26.4 Å². The van der Waals surface area contributed by atoms with Crippen molar-refractivity contribution in [2.45, 2.75) is 32.3 Å². The zero-order valence-electron chi connectivity index (χ0n) is 16.6. The van der Waals surface area contributed by atoms with E-state index in [-0.39, 0.29) is 23.9 Å². The van der Waals surface area contributed by atoms with E-state index in [4.69, 9.17) is 0 Å². The van der Waals surface area contributed by atoms with Gasteiger partial charge in [0.15, 0.2) is 0 Å². The molecular weight excluding hydrogens is 421 g/mol. The Labute approximate surface area is 172 Å². The van der Waals surface area contributed by atoms with Gasteiger partial charge in [0.05, 0.1) is 11.9 Å². The van der Waals surface area contributed by atoms with Crippen LogP contribution in [0.3, 0.4) is 0 Å². The number of para-hydroxylation sites is 1. The molecule has 1 amide bonds. The molecular formula is C20H21F3N2O4S. The lowest BCUT2D eigenvalue weighted by atomic mass is 10.1. The Kier molecular flexibility index (Phi) is 5.72. The molecule has 0 radical (unpaired) electrons. The fourth-order valence-corrected chi connectivity index (χ4v) is 4.91. The van der Waals surface area contributed by atoms with Crippen molar-refractivity contribution in [2.24, 2.45) is 0 Å². The number of anilines is 1. The normalized spacial score (nSPS) is 16.3. The van der Waals surface area contributed by atoms with Crippen molar-refractivity contribution in [3.8, 4) is 5.75 Å². The molecule has 0 bridgehead atoms. The van der Waals surface area contributed by atoms with Crippen LogP contribution < -0.4 is 9.04 Å². The molecule has 2 aromatic rings. The highest BCUT2D eigenvalue weighted by Gasteiger charge is 2.34. The summed E-state index contributed by atoms with van der Waals surface area (Å²) in [6.07, 6.45) is -3.23. The average Bonchev–Trinajstić information content (AvgIpc) is 2.96. The first-order valence-electron chi connectivity index (χ1n) is 9.08. The van der Waals surface area contributed by atoms with Crippen LogP contribution in [0.25, 0.3) is 0 Å². The number of benzene rings is 2. The Bertz CT molecular complexity index is 1070. The Morgan fingerprint density at radius 2 is 1.90 bits per heavy atom. The van der Waals surface area contributed by atoms with E-state index in [1.54, 1.807) is 25.1 Å². The molecule has 10 heteroatoms. The maximum Gasteiger partial charge on any atom is 0.573 e. The average molecular weight is 442 g/mol. The molecule has 162 valence electrons. The highest BCUT2D eigenvalue weighted by molar-refractivity contribution is 7.92. The third-order valence-corrected chi connectivity index (χ3v) is 6.06. The lowest BCUT2D eigenvalue weighted by molar-refractivity contribution is -0.275. The van der Waals surface area contributed by atoms with Crippen LogP contribution in [0.5, 0.6) is 5.75 Å². The summed E-state index contributed by atoms with van der Waals surface area (Å²) >= 11 is 0. The number of halogens is 3. The van der Waals surface area contributed by atoms with E-state index >= 15 is 0 Å². The van der Waals surface area contributed by atoms with Crippen molar-refractivity contribution >= 4 is 21.6 Å². The van der Waals surface area contributed by atoms with Crippen LogP contribution in [-0.4, -0.2) is 44.9 Å².